The molecule has 1 fully saturated rings. The number of nitrogens with two attached hydrogens (primary N) is 2. The van der Waals surface area contributed by atoms with Gasteiger partial charge in [-0.15, -0.1) is 0 Å². The monoisotopic (exact) mass is 351 g/mol. The van der Waals surface area contributed by atoms with Crippen molar-refractivity contribution in [2.24, 2.45) is 11.5 Å². The molecule has 0 aromatic heterocycles. The summed E-state index contributed by atoms with van der Waals surface area (Å²) in [6.45, 7) is 5.56. The van der Waals surface area contributed by atoms with Crippen molar-refractivity contribution in [1.29, 1.82) is 0 Å². The van der Waals surface area contributed by atoms with E-state index in [-0.39, 0.29) is 0 Å². The highest BCUT2D eigenvalue weighted by Gasteiger charge is 2.10. The van der Waals surface area contributed by atoms with Crippen LogP contribution in [0.1, 0.15) is 50.5 Å². The van der Waals surface area contributed by atoms with Gasteiger partial charge in [-0.3, -0.25) is 16.0 Å². The minimum Gasteiger partial charge on any atom is -0.303 e. The minimum absolute atomic E-state index is 0.402. The van der Waals surface area contributed by atoms with Crippen molar-refractivity contribution in [3.8, 4) is 0 Å². The number of nitrogens with zero attached hydrogens (tertiary/aromatic N) is 2. The van der Waals surface area contributed by atoms with Crippen LogP contribution in [0, 0.1) is 0 Å². The molecule has 1 heterocycles. The zero-order valence-electron chi connectivity index (χ0n) is 14.7. The van der Waals surface area contributed by atoms with E-state index in [1.165, 1.54) is 63.7 Å². The minimum atomic E-state index is 0.402. The average molecular weight is 352 g/mol. The second-order valence-electron chi connectivity index (χ2n) is 6.79. The van der Waals surface area contributed by atoms with Gasteiger partial charge in [-0.1, -0.05) is 43.0 Å². The van der Waals surface area contributed by atoms with E-state index in [0.29, 0.717) is 5.96 Å². The molecule has 5 heteroatoms. The molecule has 1 saturated heterocycles. The first-order valence-electron chi connectivity index (χ1n) is 9.25. The number of unbranched alkanes of at least 4 members (excludes halogenated alkanes) is 4. The van der Waals surface area contributed by atoms with E-state index in [1.807, 2.05) is 28.8 Å². The Hall–Kier alpha value is -1.26. The molecule has 4 N–H and O–H groups in total. The summed E-state index contributed by atoms with van der Waals surface area (Å²) in [7, 11) is 0. The van der Waals surface area contributed by atoms with Crippen LogP contribution in [-0.2, 0) is 6.54 Å². The Morgan fingerprint density at radius 2 is 1.58 bits per heavy atom. The summed E-state index contributed by atoms with van der Waals surface area (Å²) >= 11 is 5.93. The summed E-state index contributed by atoms with van der Waals surface area (Å²) < 4.78 is 2.05. The summed E-state index contributed by atoms with van der Waals surface area (Å²) in [4.78, 5) is 2.60. The fourth-order valence-electron chi connectivity index (χ4n) is 3.28. The smallest absolute Gasteiger partial charge is 0.303 e. The molecule has 24 heavy (non-hydrogen) atoms. The SMILES string of the molecule is NC(N)=[N+](CCCCCCCN1CCCC1)Cc1ccc(Cl)cc1. The maximum atomic E-state index is 5.93. The van der Waals surface area contributed by atoms with Crippen molar-refractivity contribution < 1.29 is 4.58 Å². The maximum Gasteiger partial charge on any atom is 0.341 e. The van der Waals surface area contributed by atoms with Crippen molar-refractivity contribution in [2.75, 3.05) is 26.2 Å². The highest BCUT2D eigenvalue weighted by atomic mass is 35.5. The number of rotatable bonds is 10. The third-order valence-electron chi connectivity index (χ3n) is 4.75. The molecule has 1 aliphatic rings. The number of hydrogen-bond donors (Lipinski definition) is 2. The van der Waals surface area contributed by atoms with Gasteiger partial charge in [-0.05, 0) is 63.0 Å². The first-order chi connectivity index (χ1) is 11.6. The summed E-state index contributed by atoms with van der Waals surface area (Å²) in [5, 5.41) is 0.754. The van der Waals surface area contributed by atoms with E-state index >= 15 is 0 Å². The highest BCUT2D eigenvalue weighted by Crippen LogP contribution is 2.12. The van der Waals surface area contributed by atoms with E-state index in [0.717, 1.165) is 24.5 Å². The van der Waals surface area contributed by atoms with Gasteiger partial charge in [0, 0.05) is 5.02 Å². The molecule has 1 aromatic rings. The van der Waals surface area contributed by atoms with E-state index < -0.39 is 0 Å². The lowest BCUT2D eigenvalue weighted by atomic mass is 10.1. The topological polar surface area (TPSA) is 58.3 Å². The van der Waals surface area contributed by atoms with Gasteiger partial charge in [0.1, 0.15) is 0 Å². The summed E-state index contributed by atoms with van der Waals surface area (Å²) in [6, 6.07) is 7.86. The van der Waals surface area contributed by atoms with Crippen molar-refractivity contribution >= 4 is 17.6 Å². The first-order valence-corrected chi connectivity index (χ1v) is 9.62. The van der Waals surface area contributed by atoms with Crippen molar-refractivity contribution in [3.05, 3.63) is 34.9 Å². The Labute approximate surface area is 151 Å². The van der Waals surface area contributed by atoms with E-state index in [1.54, 1.807) is 0 Å². The van der Waals surface area contributed by atoms with Crippen LogP contribution in [0.25, 0.3) is 0 Å². The average Bonchev–Trinajstić information content (AvgIpc) is 3.08. The van der Waals surface area contributed by atoms with Crippen LogP contribution in [0.2, 0.25) is 5.02 Å². The molecule has 0 bridgehead atoms. The molecular weight excluding hydrogens is 320 g/mol. The third kappa shape index (κ3) is 7.10. The zero-order chi connectivity index (χ0) is 17.2. The molecule has 2 rings (SSSR count). The van der Waals surface area contributed by atoms with Gasteiger partial charge >= 0.3 is 5.96 Å². The van der Waals surface area contributed by atoms with Gasteiger partial charge in [0.2, 0.25) is 0 Å². The van der Waals surface area contributed by atoms with Gasteiger partial charge in [0.25, 0.3) is 0 Å². The molecule has 0 saturated carbocycles. The van der Waals surface area contributed by atoms with Crippen LogP contribution >= 0.6 is 11.6 Å². The van der Waals surface area contributed by atoms with E-state index in [4.69, 9.17) is 23.1 Å². The molecule has 1 aromatic carbocycles. The van der Waals surface area contributed by atoms with Crippen LogP contribution in [0.3, 0.4) is 0 Å². The van der Waals surface area contributed by atoms with Crippen molar-refractivity contribution in [2.45, 2.75) is 51.5 Å². The Balaban J connectivity index is 1.59. The maximum absolute atomic E-state index is 5.93. The molecule has 0 unspecified atom stereocenters. The van der Waals surface area contributed by atoms with Crippen LogP contribution in [0.4, 0.5) is 0 Å². The number of likely N-dealkylation sites (tertiary alicyclic amines) is 1. The molecule has 0 amide bonds. The Bertz CT molecular complexity index is 503. The quantitative estimate of drug-likeness (QED) is 0.294. The lowest BCUT2D eigenvalue weighted by Crippen LogP contribution is -2.36. The van der Waals surface area contributed by atoms with E-state index in [2.05, 4.69) is 4.90 Å². The summed E-state index contributed by atoms with van der Waals surface area (Å²) in [6.07, 6.45) is 9.11. The molecule has 0 radical (unpaired) electrons. The molecule has 134 valence electrons. The molecule has 0 aliphatic carbocycles. The van der Waals surface area contributed by atoms with Crippen LogP contribution < -0.4 is 11.5 Å². The lowest BCUT2D eigenvalue weighted by Gasteiger charge is -2.14. The van der Waals surface area contributed by atoms with Crippen molar-refractivity contribution in [3.63, 3.8) is 0 Å². The number of hydrogen-bond acceptors (Lipinski definition) is 1. The van der Waals surface area contributed by atoms with E-state index in [9.17, 15) is 0 Å². The van der Waals surface area contributed by atoms with Gasteiger partial charge in [0.15, 0.2) is 0 Å². The first kappa shape index (κ1) is 19.1. The number of halogens is 1. The lowest BCUT2D eigenvalue weighted by molar-refractivity contribution is -0.546. The predicted molar refractivity (Wildman–Crippen MR) is 102 cm³/mol. The second-order valence-corrected chi connectivity index (χ2v) is 7.23. The Kier molecular flexibility index (Phi) is 8.40. The van der Waals surface area contributed by atoms with Crippen LogP contribution in [-0.4, -0.2) is 41.6 Å². The van der Waals surface area contributed by atoms with Crippen LogP contribution in [0.15, 0.2) is 24.3 Å². The third-order valence-corrected chi connectivity index (χ3v) is 5.00. The normalized spacial score (nSPS) is 14.9. The molecular formula is C19H32ClN4+. The summed E-state index contributed by atoms with van der Waals surface area (Å²) in [5.74, 6) is 0.402. The molecule has 4 nitrogen and oxygen atoms in total. The Morgan fingerprint density at radius 1 is 0.958 bits per heavy atom. The molecule has 1 aliphatic heterocycles. The number of guanidine groups is 1. The fourth-order valence-corrected chi connectivity index (χ4v) is 3.41. The van der Waals surface area contributed by atoms with Crippen LogP contribution in [0.5, 0.6) is 0 Å². The largest absolute Gasteiger partial charge is 0.341 e. The highest BCUT2D eigenvalue weighted by molar-refractivity contribution is 6.30. The number of benzene rings is 1. The molecule has 0 atom stereocenters. The van der Waals surface area contributed by atoms with Gasteiger partial charge in [0.05, 0.1) is 13.1 Å². The standard InChI is InChI=1S/C19H31ClN4/c20-18-10-8-17(9-11-18)16-24(19(21)22)15-5-3-1-2-4-12-23-13-6-7-14-23/h8-11H,1-7,12-16H2,(H3,21,22)/p+1. The zero-order valence-corrected chi connectivity index (χ0v) is 15.5. The van der Waals surface area contributed by atoms with Crippen molar-refractivity contribution in [1.82, 2.24) is 4.90 Å². The fraction of sp³-hybridized carbons (Fsp3) is 0.632. The molecule has 0 spiro atoms. The predicted octanol–water partition coefficient (Wildman–Crippen LogP) is 3.17. The van der Waals surface area contributed by atoms with Gasteiger partial charge in [-0.25, -0.2) is 0 Å². The van der Waals surface area contributed by atoms with Gasteiger partial charge in [-0.2, -0.15) is 0 Å². The Morgan fingerprint density at radius 3 is 2.25 bits per heavy atom. The van der Waals surface area contributed by atoms with Gasteiger partial charge < -0.3 is 4.90 Å². The second kappa shape index (κ2) is 10.6. The summed E-state index contributed by atoms with van der Waals surface area (Å²) in [5.41, 5.74) is 12.8.